The highest BCUT2D eigenvalue weighted by Crippen LogP contribution is 2.49. The van der Waals surface area contributed by atoms with Gasteiger partial charge in [-0.15, -0.1) is 0 Å². The predicted octanol–water partition coefficient (Wildman–Crippen LogP) is 2.92. The molecule has 0 saturated carbocycles. The van der Waals surface area contributed by atoms with Crippen LogP contribution in [0.5, 0.6) is 0 Å². The molecule has 3 nitrogen and oxygen atoms in total. The van der Waals surface area contributed by atoms with Gasteiger partial charge in [0.15, 0.2) is 0 Å². The first-order valence-corrected chi connectivity index (χ1v) is 5.80. The Kier molecular flexibility index (Phi) is 4.57. The van der Waals surface area contributed by atoms with Crippen LogP contribution >= 0.6 is 0 Å². The van der Waals surface area contributed by atoms with Gasteiger partial charge in [-0.1, -0.05) is 41.5 Å². The van der Waals surface area contributed by atoms with Crippen molar-refractivity contribution in [2.24, 2.45) is 16.2 Å². The summed E-state index contributed by atoms with van der Waals surface area (Å²) in [6.45, 7) is 11.8. The summed E-state index contributed by atoms with van der Waals surface area (Å²) < 4.78 is 0. The third-order valence-corrected chi connectivity index (χ3v) is 3.22. The maximum Gasteiger partial charge on any atom is 0.310 e. The Morgan fingerprint density at radius 3 is 1.69 bits per heavy atom. The zero-order chi connectivity index (χ0) is 13.2. The van der Waals surface area contributed by atoms with Crippen LogP contribution in [0.1, 0.15) is 54.4 Å². The van der Waals surface area contributed by atoms with Crippen molar-refractivity contribution >= 4 is 5.97 Å². The number of carboxylic acid groups (broad SMARTS) is 1. The number of aliphatic hydroxyl groups is 1. The van der Waals surface area contributed by atoms with Gasteiger partial charge in [0.1, 0.15) is 0 Å². The molecule has 0 bridgehead atoms. The van der Waals surface area contributed by atoms with Crippen LogP contribution < -0.4 is 0 Å². The molecule has 2 N–H and O–H groups in total. The van der Waals surface area contributed by atoms with Crippen LogP contribution in [0.4, 0.5) is 0 Å². The Balaban J connectivity index is 5.37. The first-order valence-electron chi connectivity index (χ1n) is 5.80. The quantitative estimate of drug-likeness (QED) is 0.780. The predicted molar refractivity (Wildman–Crippen MR) is 65.3 cm³/mol. The van der Waals surface area contributed by atoms with Crippen molar-refractivity contribution < 1.29 is 15.0 Å². The minimum Gasteiger partial charge on any atom is -0.481 e. The number of aliphatic hydroxyl groups excluding tert-OH is 1. The first-order chi connectivity index (χ1) is 6.96. The van der Waals surface area contributed by atoms with E-state index in [-0.39, 0.29) is 17.4 Å². The SMILES string of the molecule is CC(C)(C)CC(CCO)(C(=O)O)C(C)(C)C. The molecular formula is C13H26O3. The monoisotopic (exact) mass is 230 g/mol. The zero-order valence-electron chi connectivity index (χ0n) is 11.4. The molecule has 0 heterocycles. The van der Waals surface area contributed by atoms with E-state index in [0.717, 1.165) is 0 Å². The Morgan fingerprint density at radius 2 is 1.50 bits per heavy atom. The first kappa shape index (κ1) is 15.4. The molecule has 3 heteroatoms. The number of hydrogen-bond acceptors (Lipinski definition) is 2. The van der Waals surface area contributed by atoms with Crippen LogP contribution in [0.2, 0.25) is 0 Å². The van der Waals surface area contributed by atoms with E-state index in [1.807, 2.05) is 41.5 Å². The van der Waals surface area contributed by atoms with Gasteiger partial charge in [0.05, 0.1) is 5.41 Å². The van der Waals surface area contributed by atoms with Crippen molar-refractivity contribution in [2.45, 2.75) is 54.4 Å². The number of hydrogen-bond donors (Lipinski definition) is 2. The van der Waals surface area contributed by atoms with Crippen LogP contribution in [0, 0.1) is 16.2 Å². The summed E-state index contributed by atoms with van der Waals surface area (Å²) in [4.78, 5) is 11.6. The van der Waals surface area contributed by atoms with Crippen molar-refractivity contribution in [3.8, 4) is 0 Å². The Bertz CT molecular complexity index is 245. The van der Waals surface area contributed by atoms with Crippen molar-refractivity contribution in [3.05, 3.63) is 0 Å². The summed E-state index contributed by atoms with van der Waals surface area (Å²) in [6.07, 6.45) is 0.877. The number of carboxylic acids is 1. The molecule has 0 spiro atoms. The molecule has 0 amide bonds. The van der Waals surface area contributed by atoms with E-state index in [4.69, 9.17) is 5.11 Å². The normalized spacial score (nSPS) is 16.9. The fourth-order valence-electron chi connectivity index (χ4n) is 2.33. The molecule has 0 aromatic heterocycles. The van der Waals surface area contributed by atoms with Gasteiger partial charge < -0.3 is 10.2 Å². The fourth-order valence-corrected chi connectivity index (χ4v) is 2.33. The van der Waals surface area contributed by atoms with Crippen molar-refractivity contribution in [1.29, 1.82) is 0 Å². The molecule has 0 aromatic carbocycles. The summed E-state index contributed by atoms with van der Waals surface area (Å²) in [5.74, 6) is -0.802. The summed E-state index contributed by atoms with van der Waals surface area (Å²) in [5.41, 5.74) is -1.30. The maximum absolute atomic E-state index is 11.6. The second-order valence-corrected chi connectivity index (χ2v) is 6.85. The topological polar surface area (TPSA) is 57.5 Å². The second kappa shape index (κ2) is 4.74. The zero-order valence-corrected chi connectivity index (χ0v) is 11.4. The lowest BCUT2D eigenvalue weighted by Crippen LogP contribution is -2.46. The lowest BCUT2D eigenvalue weighted by molar-refractivity contribution is -0.161. The molecular weight excluding hydrogens is 204 g/mol. The average Bonchev–Trinajstić information content (AvgIpc) is 1.98. The largest absolute Gasteiger partial charge is 0.481 e. The smallest absolute Gasteiger partial charge is 0.310 e. The van der Waals surface area contributed by atoms with Gasteiger partial charge in [-0.25, -0.2) is 0 Å². The average molecular weight is 230 g/mol. The lowest BCUT2D eigenvalue weighted by Gasteiger charge is -2.44. The number of carbonyl (C=O) groups is 1. The van der Waals surface area contributed by atoms with Gasteiger partial charge in [0.25, 0.3) is 0 Å². The van der Waals surface area contributed by atoms with E-state index in [1.54, 1.807) is 0 Å². The highest BCUT2D eigenvalue weighted by molar-refractivity contribution is 5.75. The molecule has 0 rings (SSSR count). The molecule has 16 heavy (non-hydrogen) atoms. The lowest BCUT2D eigenvalue weighted by atomic mass is 9.58. The number of rotatable bonds is 4. The Labute approximate surface area is 98.9 Å². The third kappa shape index (κ3) is 3.48. The molecule has 0 aliphatic heterocycles. The highest BCUT2D eigenvalue weighted by Gasteiger charge is 2.49. The Morgan fingerprint density at radius 1 is 1.06 bits per heavy atom. The van der Waals surface area contributed by atoms with Crippen LogP contribution in [0.3, 0.4) is 0 Å². The number of aliphatic carboxylic acids is 1. The van der Waals surface area contributed by atoms with E-state index >= 15 is 0 Å². The fraction of sp³-hybridized carbons (Fsp3) is 0.923. The van der Waals surface area contributed by atoms with E-state index in [9.17, 15) is 9.90 Å². The van der Waals surface area contributed by atoms with Gasteiger partial charge in [-0.05, 0) is 23.7 Å². The van der Waals surface area contributed by atoms with Gasteiger partial charge in [-0.3, -0.25) is 4.79 Å². The van der Waals surface area contributed by atoms with Crippen LogP contribution in [0.15, 0.2) is 0 Å². The molecule has 1 unspecified atom stereocenters. The summed E-state index contributed by atoms with van der Waals surface area (Å²) >= 11 is 0. The summed E-state index contributed by atoms with van der Waals surface area (Å²) in [5, 5.41) is 18.7. The van der Waals surface area contributed by atoms with Gasteiger partial charge in [-0.2, -0.15) is 0 Å². The molecule has 0 radical (unpaired) electrons. The molecule has 96 valence electrons. The third-order valence-electron chi connectivity index (χ3n) is 3.22. The van der Waals surface area contributed by atoms with Crippen molar-refractivity contribution in [2.75, 3.05) is 6.61 Å². The summed E-state index contributed by atoms with van der Waals surface area (Å²) in [6, 6.07) is 0. The van der Waals surface area contributed by atoms with Gasteiger partial charge >= 0.3 is 5.97 Å². The van der Waals surface area contributed by atoms with Gasteiger partial charge in [0.2, 0.25) is 0 Å². The van der Waals surface area contributed by atoms with E-state index < -0.39 is 11.4 Å². The van der Waals surface area contributed by atoms with E-state index in [0.29, 0.717) is 12.8 Å². The maximum atomic E-state index is 11.6. The van der Waals surface area contributed by atoms with Crippen molar-refractivity contribution in [3.63, 3.8) is 0 Å². The molecule has 0 aromatic rings. The van der Waals surface area contributed by atoms with E-state index in [1.165, 1.54) is 0 Å². The van der Waals surface area contributed by atoms with Gasteiger partial charge in [0, 0.05) is 6.61 Å². The minimum absolute atomic E-state index is 0.0686. The summed E-state index contributed by atoms with van der Waals surface area (Å²) in [7, 11) is 0. The molecule has 1 atom stereocenters. The van der Waals surface area contributed by atoms with Crippen molar-refractivity contribution in [1.82, 2.24) is 0 Å². The minimum atomic E-state index is -0.861. The van der Waals surface area contributed by atoms with Crippen LogP contribution in [-0.2, 0) is 4.79 Å². The highest BCUT2D eigenvalue weighted by atomic mass is 16.4. The molecule has 0 aliphatic carbocycles. The Hall–Kier alpha value is -0.570. The van der Waals surface area contributed by atoms with Crippen LogP contribution in [0.25, 0.3) is 0 Å². The molecule has 0 saturated heterocycles. The van der Waals surface area contributed by atoms with Crippen LogP contribution in [-0.4, -0.2) is 22.8 Å². The standard InChI is InChI=1S/C13H26O3/c1-11(2,3)9-13(7-8-14,10(15)16)12(4,5)6/h14H,7-9H2,1-6H3,(H,15,16). The second-order valence-electron chi connectivity index (χ2n) is 6.85. The molecule has 0 fully saturated rings. The van der Waals surface area contributed by atoms with E-state index in [2.05, 4.69) is 0 Å². The molecule has 0 aliphatic rings.